The lowest BCUT2D eigenvalue weighted by atomic mass is 9.84. The Morgan fingerprint density at radius 3 is 1.56 bits per heavy atom. The second-order valence-electron chi connectivity index (χ2n) is 8.30. The van der Waals surface area contributed by atoms with Gasteiger partial charge < -0.3 is 0 Å². The van der Waals surface area contributed by atoms with Crippen LogP contribution in [0.25, 0.3) is 33.4 Å². The smallest absolute Gasteiger partial charge is 0.282 e. The van der Waals surface area contributed by atoms with Gasteiger partial charge in [0.25, 0.3) is 10.1 Å². The Morgan fingerprint density at radius 2 is 1.06 bits per heavy atom. The van der Waals surface area contributed by atoms with Gasteiger partial charge in [0, 0.05) is 11.1 Å². The van der Waals surface area contributed by atoms with E-state index in [4.69, 9.17) is 0 Å². The van der Waals surface area contributed by atoms with Crippen molar-refractivity contribution >= 4 is 10.1 Å². The molecule has 4 rings (SSSR count). The van der Waals surface area contributed by atoms with Crippen molar-refractivity contribution in [2.24, 2.45) is 0 Å². The van der Waals surface area contributed by atoms with Gasteiger partial charge >= 0.3 is 0 Å². The first-order chi connectivity index (χ1) is 15.2. The molecule has 0 bridgehead atoms. The van der Waals surface area contributed by atoms with E-state index >= 15 is 0 Å². The first kappa shape index (κ1) is 22.0. The zero-order valence-corrected chi connectivity index (χ0v) is 19.5. The van der Waals surface area contributed by atoms with Crippen molar-refractivity contribution in [2.45, 2.75) is 32.6 Å². The Bertz CT molecular complexity index is 1380. The van der Waals surface area contributed by atoms with Gasteiger partial charge in [-0.05, 0) is 72.7 Å². The highest BCUT2D eigenvalue weighted by atomic mass is 32.2. The van der Waals surface area contributed by atoms with Crippen LogP contribution in [-0.2, 0) is 10.1 Å². The zero-order valence-electron chi connectivity index (χ0n) is 18.7. The molecule has 0 saturated carbocycles. The molecule has 162 valence electrons. The Morgan fingerprint density at radius 1 is 0.594 bits per heavy atom. The number of rotatable bonds is 4. The number of benzene rings is 4. The standard InChI is InChI=1S/C28H26O3S/c1-18-15-19(2)25(20(3)16-18)27-26(23-13-9-6-10-14-23)21(4)17-24(28(27)32(29,30)31)22-11-7-5-8-12-22/h5-17H,1-4H3,(H,29,30,31). The first-order valence-corrected chi connectivity index (χ1v) is 12.0. The molecule has 0 aliphatic heterocycles. The lowest BCUT2D eigenvalue weighted by molar-refractivity contribution is 0.484. The lowest BCUT2D eigenvalue weighted by Gasteiger charge is -2.23. The van der Waals surface area contributed by atoms with Gasteiger partial charge in [-0.15, -0.1) is 0 Å². The van der Waals surface area contributed by atoms with Crippen LogP contribution >= 0.6 is 0 Å². The third-order valence-corrected chi connectivity index (χ3v) is 6.75. The molecule has 0 aromatic heterocycles. The van der Waals surface area contributed by atoms with E-state index in [1.54, 1.807) is 0 Å². The molecule has 1 N–H and O–H groups in total. The third-order valence-electron chi connectivity index (χ3n) is 5.81. The molecule has 0 aliphatic rings. The first-order valence-electron chi connectivity index (χ1n) is 10.5. The molecule has 0 atom stereocenters. The summed E-state index contributed by atoms with van der Waals surface area (Å²) in [7, 11) is -4.55. The van der Waals surface area contributed by atoms with Crippen LogP contribution < -0.4 is 0 Å². The van der Waals surface area contributed by atoms with Crippen LogP contribution in [-0.4, -0.2) is 13.0 Å². The molecule has 4 aromatic rings. The second-order valence-corrected chi connectivity index (χ2v) is 9.66. The van der Waals surface area contributed by atoms with Gasteiger partial charge in [0.2, 0.25) is 0 Å². The minimum absolute atomic E-state index is 0.0526. The summed E-state index contributed by atoms with van der Waals surface area (Å²) in [6.07, 6.45) is 0. The molecule has 0 radical (unpaired) electrons. The van der Waals surface area contributed by atoms with E-state index in [0.717, 1.165) is 44.5 Å². The molecule has 0 saturated heterocycles. The molecule has 0 spiro atoms. The highest BCUT2D eigenvalue weighted by Crippen LogP contribution is 2.46. The normalized spacial score (nSPS) is 11.5. The van der Waals surface area contributed by atoms with E-state index in [9.17, 15) is 13.0 Å². The quantitative estimate of drug-likeness (QED) is 0.341. The Balaban J connectivity index is 2.27. The van der Waals surface area contributed by atoms with Crippen molar-refractivity contribution < 1.29 is 13.0 Å². The van der Waals surface area contributed by atoms with Crippen LogP contribution in [0.2, 0.25) is 0 Å². The average Bonchev–Trinajstić information content (AvgIpc) is 2.73. The largest absolute Gasteiger partial charge is 0.295 e. The Labute approximate surface area is 190 Å². The lowest BCUT2D eigenvalue weighted by Crippen LogP contribution is -2.08. The van der Waals surface area contributed by atoms with Crippen LogP contribution in [0.5, 0.6) is 0 Å². The van der Waals surface area contributed by atoms with Crippen LogP contribution in [0, 0.1) is 27.7 Å². The summed E-state index contributed by atoms with van der Waals surface area (Å²) >= 11 is 0. The molecule has 4 aromatic carbocycles. The van der Waals surface area contributed by atoms with E-state index in [2.05, 4.69) is 12.1 Å². The fourth-order valence-electron chi connectivity index (χ4n) is 4.69. The molecule has 4 heteroatoms. The van der Waals surface area contributed by atoms with Gasteiger partial charge in [0.15, 0.2) is 0 Å². The topological polar surface area (TPSA) is 54.4 Å². The van der Waals surface area contributed by atoms with Crippen molar-refractivity contribution in [1.29, 1.82) is 0 Å². The number of aryl methyl sites for hydroxylation is 4. The fraction of sp³-hybridized carbons (Fsp3) is 0.143. The van der Waals surface area contributed by atoms with Gasteiger partial charge in [-0.2, -0.15) is 8.42 Å². The third kappa shape index (κ3) is 3.99. The van der Waals surface area contributed by atoms with Crippen molar-refractivity contribution in [3.63, 3.8) is 0 Å². The summed E-state index contributed by atoms with van der Waals surface area (Å²) in [5.41, 5.74) is 8.33. The molecule has 0 fully saturated rings. The summed E-state index contributed by atoms with van der Waals surface area (Å²) < 4.78 is 36.5. The molecule has 0 amide bonds. The summed E-state index contributed by atoms with van der Waals surface area (Å²) in [6.45, 7) is 7.99. The predicted octanol–water partition coefficient (Wildman–Crippen LogP) is 7.17. The molecule has 0 heterocycles. The second kappa shape index (κ2) is 8.38. The summed E-state index contributed by atoms with van der Waals surface area (Å²) in [4.78, 5) is -0.0526. The molecule has 3 nitrogen and oxygen atoms in total. The molecular weight excluding hydrogens is 416 g/mol. The highest BCUT2D eigenvalue weighted by molar-refractivity contribution is 7.86. The van der Waals surface area contributed by atoms with Gasteiger partial charge in [-0.25, -0.2) is 0 Å². The van der Waals surface area contributed by atoms with E-state index < -0.39 is 10.1 Å². The maximum absolute atomic E-state index is 13.0. The van der Waals surface area contributed by atoms with Crippen LogP contribution in [0.4, 0.5) is 0 Å². The van der Waals surface area contributed by atoms with Crippen molar-refractivity contribution in [1.82, 2.24) is 0 Å². The molecule has 32 heavy (non-hydrogen) atoms. The minimum atomic E-state index is -4.55. The summed E-state index contributed by atoms with van der Waals surface area (Å²) in [5, 5.41) is 0. The van der Waals surface area contributed by atoms with Crippen molar-refractivity contribution in [3.05, 3.63) is 101 Å². The maximum Gasteiger partial charge on any atom is 0.295 e. The molecular formula is C28H26O3S. The highest BCUT2D eigenvalue weighted by Gasteiger charge is 2.29. The van der Waals surface area contributed by atoms with Crippen molar-refractivity contribution in [3.8, 4) is 33.4 Å². The van der Waals surface area contributed by atoms with Crippen LogP contribution in [0.3, 0.4) is 0 Å². The van der Waals surface area contributed by atoms with E-state index in [0.29, 0.717) is 11.1 Å². The van der Waals surface area contributed by atoms with E-state index in [1.807, 2.05) is 94.4 Å². The van der Waals surface area contributed by atoms with Gasteiger partial charge in [0.05, 0.1) is 0 Å². The van der Waals surface area contributed by atoms with Gasteiger partial charge in [-0.3, -0.25) is 4.55 Å². The molecule has 0 unspecified atom stereocenters. The summed E-state index contributed by atoms with van der Waals surface area (Å²) in [5.74, 6) is 0. The number of hydrogen-bond donors (Lipinski definition) is 1. The van der Waals surface area contributed by atoms with Crippen LogP contribution in [0.15, 0.2) is 83.8 Å². The average molecular weight is 443 g/mol. The van der Waals surface area contributed by atoms with Crippen molar-refractivity contribution in [2.75, 3.05) is 0 Å². The Hall–Kier alpha value is -3.21. The van der Waals surface area contributed by atoms with Gasteiger partial charge in [0.1, 0.15) is 4.90 Å². The predicted molar refractivity (Wildman–Crippen MR) is 132 cm³/mol. The van der Waals surface area contributed by atoms with Gasteiger partial charge in [-0.1, -0.05) is 78.4 Å². The van der Waals surface area contributed by atoms with E-state index in [1.165, 1.54) is 0 Å². The van der Waals surface area contributed by atoms with Crippen LogP contribution in [0.1, 0.15) is 22.3 Å². The summed E-state index contributed by atoms with van der Waals surface area (Å²) in [6, 6.07) is 25.1. The monoisotopic (exact) mass is 442 g/mol. The fourth-order valence-corrected chi connectivity index (χ4v) is 5.61. The maximum atomic E-state index is 13.0. The minimum Gasteiger partial charge on any atom is -0.282 e. The van der Waals surface area contributed by atoms with E-state index in [-0.39, 0.29) is 4.90 Å². The number of hydrogen-bond acceptors (Lipinski definition) is 2. The SMILES string of the molecule is Cc1cc(C)c(-c2c(-c3ccccc3)c(C)cc(-c3ccccc3)c2S(=O)(=O)O)c(C)c1. The molecule has 0 aliphatic carbocycles. The Kier molecular flexibility index (Phi) is 5.76. The zero-order chi connectivity index (χ0) is 23.0.